The number of benzene rings is 1. The highest BCUT2D eigenvalue weighted by Gasteiger charge is 2.54. The molecule has 0 spiro atoms. The summed E-state index contributed by atoms with van der Waals surface area (Å²) in [5.74, 6) is -3.42. The number of Topliss-reactive ketones (excluding diaryl/α,β-unsaturated/α-hetero) is 1. The van der Waals surface area contributed by atoms with E-state index in [4.69, 9.17) is 0 Å². The maximum atomic E-state index is 14.6. The van der Waals surface area contributed by atoms with Crippen molar-refractivity contribution in [3.8, 4) is 0 Å². The van der Waals surface area contributed by atoms with Gasteiger partial charge in [-0.2, -0.15) is 0 Å². The average molecular weight is 718 g/mol. The molecule has 7 unspecified atom stereocenters. The molecule has 13 heteroatoms. The van der Waals surface area contributed by atoms with Crippen molar-refractivity contribution in [3.05, 3.63) is 54.1 Å². The van der Waals surface area contributed by atoms with Crippen molar-refractivity contribution in [2.75, 3.05) is 0 Å². The van der Waals surface area contributed by atoms with E-state index in [1.807, 2.05) is 58.0 Å². The number of ketones is 1. The number of nitrogens with zero attached hydrogens (tertiary/aromatic N) is 2. The number of hydrogen-bond acceptors (Lipinski definition) is 7. The maximum Gasteiger partial charge on any atom is 0.290 e. The summed E-state index contributed by atoms with van der Waals surface area (Å²) < 4.78 is 0. The number of amides is 5. The van der Waals surface area contributed by atoms with E-state index < -0.39 is 65.0 Å². The minimum atomic E-state index is -1.05. The molecule has 2 heterocycles. The molecule has 5 amide bonds. The highest BCUT2D eigenvalue weighted by molar-refractivity contribution is 6.38. The molecular weight excluding hydrogens is 662 g/mol. The van der Waals surface area contributed by atoms with E-state index in [-0.39, 0.29) is 36.0 Å². The summed E-state index contributed by atoms with van der Waals surface area (Å²) in [5, 5.41) is 11.5. The molecule has 7 atom stereocenters. The van der Waals surface area contributed by atoms with Crippen molar-refractivity contribution in [1.82, 2.24) is 36.1 Å². The second kappa shape index (κ2) is 16.9. The van der Waals surface area contributed by atoms with Crippen LogP contribution in [0.1, 0.15) is 121 Å². The highest BCUT2D eigenvalue weighted by Crippen LogP contribution is 2.44. The van der Waals surface area contributed by atoms with Crippen molar-refractivity contribution < 1.29 is 28.8 Å². The first-order valence-electron chi connectivity index (χ1n) is 18.9. The molecule has 5 N–H and O–H groups in total. The number of rotatable bonds is 14. The van der Waals surface area contributed by atoms with Gasteiger partial charge in [-0.05, 0) is 68.3 Å². The van der Waals surface area contributed by atoms with Gasteiger partial charge in [0.2, 0.25) is 23.5 Å². The molecule has 1 aliphatic heterocycles. The van der Waals surface area contributed by atoms with E-state index in [9.17, 15) is 28.8 Å². The van der Waals surface area contributed by atoms with Gasteiger partial charge in [-0.1, -0.05) is 83.7 Å². The van der Waals surface area contributed by atoms with Gasteiger partial charge in [0.25, 0.3) is 11.8 Å². The standard InChI is InChI=1S/C39H55N7O6/c1-6-13-28(31(47)36(50)42-23(2)24-14-9-7-10-15-24)43-35(49)30-26-18-19-27(22-26)46(30)38(52)32(39(3,4)5)45-34(48)29(25-16-11-8-12-17-25)44-37(51)33-40-20-21-41-33/h7,9-10,14-15,20-21,23,25-30,32H,6,8,11-13,16-19,22H2,1-5H3,(H,40,41)(H,42,50)(H,43,49)(H,44,51)(H,45,48). The molecule has 0 radical (unpaired) electrons. The third-order valence-electron chi connectivity index (χ3n) is 11.0. The summed E-state index contributed by atoms with van der Waals surface area (Å²) in [5.41, 5.74) is 0.104. The molecule has 1 aromatic heterocycles. The maximum absolute atomic E-state index is 14.6. The second-order valence-electron chi connectivity index (χ2n) is 15.8. The van der Waals surface area contributed by atoms with Gasteiger partial charge in [-0.15, -0.1) is 0 Å². The molecular formula is C39H55N7O6. The van der Waals surface area contributed by atoms with E-state index in [0.717, 1.165) is 50.5 Å². The molecule has 3 aliphatic rings. The number of H-pyrrole nitrogens is 1. The Kier molecular flexibility index (Phi) is 12.5. The van der Waals surface area contributed by atoms with Gasteiger partial charge in [-0.3, -0.25) is 28.8 Å². The lowest BCUT2D eigenvalue weighted by Gasteiger charge is -2.41. The van der Waals surface area contributed by atoms with Crippen LogP contribution in [0.4, 0.5) is 0 Å². The van der Waals surface area contributed by atoms with E-state index in [0.29, 0.717) is 12.8 Å². The summed E-state index contributed by atoms with van der Waals surface area (Å²) in [6, 6.07) is 4.93. The minimum absolute atomic E-state index is 0.0991. The quantitative estimate of drug-likeness (QED) is 0.185. The zero-order chi connectivity index (χ0) is 37.6. The predicted octanol–water partition coefficient (Wildman–Crippen LogP) is 3.73. The number of aromatic nitrogens is 2. The second-order valence-corrected chi connectivity index (χ2v) is 15.8. The molecule has 2 aromatic rings. The number of aromatic amines is 1. The van der Waals surface area contributed by atoms with Crippen LogP contribution in [-0.4, -0.2) is 80.4 Å². The molecule has 3 fully saturated rings. The first-order chi connectivity index (χ1) is 24.8. The monoisotopic (exact) mass is 717 g/mol. The fraction of sp³-hybridized carbons (Fsp3) is 0.615. The normalized spacial score (nSPS) is 22.5. The molecule has 2 aliphatic carbocycles. The lowest BCUT2D eigenvalue weighted by molar-refractivity contribution is -0.149. The van der Waals surface area contributed by atoms with Crippen LogP contribution in [0.3, 0.4) is 0 Å². The van der Waals surface area contributed by atoms with Crippen LogP contribution in [-0.2, 0) is 24.0 Å². The van der Waals surface area contributed by atoms with E-state index in [1.165, 1.54) is 12.4 Å². The van der Waals surface area contributed by atoms with Crippen LogP contribution in [0.2, 0.25) is 0 Å². The van der Waals surface area contributed by atoms with Gasteiger partial charge in [0.1, 0.15) is 18.1 Å². The van der Waals surface area contributed by atoms with Gasteiger partial charge < -0.3 is 31.2 Å². The Balaban J connectivity index is 1.32. The topological polar surface area (TPSA) is 182 Å². The van der Waals surface area contributed by atoms with Gasteiger partial charge >= 0.3 is 0 Å². The van der Waals surface area contributed by atoms with Crippen molar-refractivity contribution in [2.45, 2.75) is 135 Å². The van der Waals surface area contributed by atoms with Crippen molar-refractivity contribution in [2.24, 2.45) is 17.3 Å². The minimum Gasteiger partial charge on any atom is -0.344 e. The molecule has 282 valence electrons. The van der Waals surface area contributed by atoms with Gasteiger partial charge in [0.05, 0.1) is 12.1 Å². The summed E-state index contributed by atoms with van der Waals surface area (Å²) in [7, 11) is 0. The zero-order valence-corrected chi connectivity index (χ0v) is 31.1. The average Bonchev–Trinajstić information content (AvgIpc) is 3.91. The molecule has 5 rings (SSSR count). The number of imidazole rings is 1. The number of nitrogens with one attached hydrogen (secondary N) is 5. The summed E-state index contributed by atoms with van der Waals surface area (Å²) in [6.07, 6.45) is 10.4. The smallest absolute Gasteiger partial charge is 0.290 e. The first kappa shape index (κ1) is 38.7. The van der Waals surface area contributed by atoms with Crippen LogP contribution >= 0.6 is 0 Å². The molecule has 13 nitrogen and oxygen atoms in total. The van der Waals surface area contributed by atoms with Crippen molar-refractivity contribution >= 4 is 35.3 Å². The fourth-order valence-corrected chi connectivity index (χ4v) is 8.20. The lowest BCUT2D eigenvalue weighted by atomic mass is 9.81. The van der Waals surface area contributed by atoms with Gasteiger partial charge in [0.15, 0.2) is 5.82 Å². The fourth-order valence-electron chi connectivity index (χ4n) is 8.20. The molecule has 1 saturated heterocycles. The summed E-state index contributed by atoms with van der Waals surface area (Å²) >= 11 is 0. The Morgan fingerprint density at radius 1 is 0.923 bits per heavy atom. The van der Waals surface area contributed by atoms with Crippen LogP contribution in [0, 0.1) is 17.3 Å². The highest BCUT2D eigenvalue weighted by atomic mass is 16.2. The Labute approximate surface area is 306 Å². The van der Waals surface area contributed by atoms with Crippen LogP contribution in [0.5, 0.6) is 0 Å². The van der Waals surface area contributed by atoms with Crippen LogP contribution in [0.25, 0.3) is 0 Å². The lowest BCUT2D eigenvalue weighted by Crippen LogP contribution is -2.64. The van der Waals surface area contributed by atoms with Crippen molar-refractivity contribution in [1.29, 1.82) is 0 Å². The van der Waals surface area contributed by atoms with Crippen molar-refractivity contribution in [3.63, 3.8) is 0 Å². The number of carbonyl (C=O) groups excluding carboxylic acids is 6. The zero-order valence-electron chi connectivity index (χ0n) is 31.1. The van der Waals surface area contributed by atoms with E-state index >= 15 is 0 Å². The molecule has 1 aromatic carbocycles. The van der Waals surface area contributed by atoms with Crippen LogP contribution < -0.4 is 21.3 Å². The number of piperidine rings is 1. The Hall–Kier alpha value is -4.55. The van der Waals surface area contributed by atoms with E-state index in [1.54, 1.807) is 11.8 Å². The first-order valence-corrected chi connectivity index (χ1v) is 18.9. The van der Waals surface area contributed by atoms with Gasteiger partial charge in [0, 0.05) is 18.4 Å². The van der Waals surface area contributed by atoms with Gasteiger partial charge in [-0.25, -0.2) is 4.98 Å². The Morgan fingerprint density at radius 2 is 1.63 bits per heavy atom. The molecule has 52 heavy (non-hydrogen) atoms. The third-order valence-corrected chi connectivity index (χ3v) is 11.0. The number of carbonyl (C=O) groups is 6. The predicted molar refractivity (Wildman–Crippen MR) is 194 cm³/mol. The summed E-state index contributed by atoms with van der Waals surface area (Å²) in [4.78, 5) is 91.0. The largest absolute Gasteiger partial charge is 0.344 e. The number of likely N-dealkylation sites (tertiary alicyclic amines) is 1. The van der Waals surface area contributed by atoms with E-state index in [2.05, 4.69) is 31.2 Å². The number of hydrogen-bond donors (Lipinski definition) is 5. The third kappa shape index (κ3) is 8.90. The van der Waals surface area contributed by atoms with Crippen LogP contribution in [0.15, 0.2) is 42.7 Å². The Bertz CT molecular complexity index is 1580. The number of fused-ring (bicyclic) bond motifs is 2. The molecule has 2 bridgehead atoms. The SMILES string of the molecule is CCCC(NC(=O)C1C2CCC(C2)N1C(=O)C(NC(=O)C(NC(=O)c1ncc[nH]1)C1CCCCC1)C(C)(C)C)C(=O)C(=O)NC(C)c1ccccc1. The molecule has 2 saturated carbocycles. The summed E-state index contributed by atoms with van der Waals surface area (Å²) in [6.45, 7) is 9.25. The Morgan fingerprint density at radius 3 is 2.27 bits per heavy atom.